The van der Waals surface area contributed by atoms with E-state index < -0.39 is 17.5 Å². The molecule has 2 atom stereocenters. The van der Waals surface area contributed by atoms with Crippen molar-refractivity contribution in [3.05, 3.63) is 59.7 Å². The molecule has 30 heavy (non-hydrogen) atoms. The molecule has 7 heteroatoms. The van der Waals surface area contributed by atoms with Crippen LogP contribution >= 0.6 is 12.4 Å². The van der Waals surface area contributed by atoms with E-state index in [2.05, 4.69) is 0 Å². The van der Waals surface area contributed by atoms with Crippen molar-refractivity contribution in [3.63, 3.8) is 0 Å². The van der Waals surface area contributed by atoms with Crippen molar-refractivity contribution >= 4 is 24.3 Å². The van der Waals surface area contributed by atoms with Crippen LogP contribution < -0.4 is 9.47 Å². The van der Waals surface area contributed by atoms with E-state index >= 15 is 0 Å². The van der Waals surface area contributed by atoms with Gasteiger partial charge >= 0.3 is 11.9 Å². The van der Waals surface area contributed by atoms with Crippen molar-refractivity contribution in [2.75, 3.05) is 20.6 Å². The fraction of sp³-hybridized carbons (Fsp3) is 0.391. The maximum atomic E-state index is 12.6. The van der Waals surface area contributed by atoms with Crippen LogP contribution in [0.2, 0.25) is 0 Å². The fourth-order valence-corrected chi connectivity index (χ4v) is 3.41. The maximum Gasteiger partial charge on any atom is 0.347 e. The van der Waals surface area contributed by atoms with Gasteiger partial charge in [-0.1, -0.05) is 38.1 Å². The molecule has 0 heterocycles. The van der Waals surface area contributed by atoms with E-state index in [1.165, 1.54) is 19.1 Å². The number of benzene rings is 2. The Balaban J connectivity index is 0.00000450. The maximum absolute atomic E-state index is 12.6. The van der Waals surface area contributed by atoms with Gasteiger partial charge in [0.15, 0.2) is 0 Å². The average Bonchev–Trinajstić information content (AvgIpc) is 2.66. The minimum absolute atomic E-state index is 0. The third-order valence-corrected chi connectivity index (χ3v) is 4.90. The van der Waals surface area contributed by atoms with Crippen LogP contribution in [0.15, 0.2) is 48.5 Å². The molecule has 6 nitrogen and oxygen atoms in total. The van der Waals surface area contributed by atoms with Crippen molar-refractivity contribution in [1.29, 1.82) is 0 Å². The number of para-hydroxylation sites is 1. The monoisotopic (exact) mass is 435 g/mol. The predicted octanol–water partition coefficient (Wildman–Crippen LogP) is 4.05. The zero-order valence-corrected chi connectivity index (χ0v) is 18.9. The lowest BCUT2D eigenvalue weighted by Gasteiger charge is -2.35. The van der Waals surface area contributed by atoms with Crippen LogP contribution in [0.5, 0.6) is 11.5 Å². The van der Waals surface area contributed by atoms with E-state index in [9.17, 15) is 14.7 Å². The summed E-state index contributed by atoms with van der Waals surface area (Å²) in [5.74, 6) is -0.728. The number of carbonyl (C=O) groups is 2. The second-order valence-electron chi connectivity index (χ2n) is 7.45. The minimum atomic E-state index is -1.05. The quantitative estimate of drug-likeness (QED) is 0.498. The first-order valence-corrected chi connectivity index (χ1v) is 9.64. The first-order chi connectivity index (χ1) is 13.7. The molecule has 0 spiro atoms. The summed E-state index contributed by atoms with van der Waals surface area (Å²) in [6, 6.07) is 13.3. The Morgan fingerprint density at radius 3 is 2.37 bits per heavy atom. The number of carbonyl (C=O) groups excluding carboxylic acids is 2. The van der Waals surface area contributed by atoms with Crippen molar-refractivity contribution in [2.45, 2.75) is 32.8 Å². The number of halogens is 1. The third kappa shape index (κ3) is 6.29. The number of aliphatic hydroxyl groups is 1. The highest BCUT2D eigenvalue weighted by Crippen LogP contribution is 2.35. The van der Waals surface area contributed by atoms with Crippen molar-refractivity contribution in [1.82, 2.24) is 4.90 Å². The van der Waals surface area contributed by atoms with E-state index in [1.807, 2.05) is 38.9 Å². The second kappa shape index (κ2) is 11.1. The summed E-state index contributed by atoms with van der Waals surface area (Å²) in [5, 5.41) is 11.3. The Morgan fingerprint density at radius 1 is 1.10 bits per heavy atom. The molecule has 0 saturated carbocycles. The highest BCUT2D eigenvalue weighted by Gasteiger charge is 2.34. The summed E-state index contributed by atoms with van der Waals surface area (Å²) in [5.41, 5.74) is -0.213. The van der Waals surface area contributed by atoms with E-state index in [1.54, 1.807) is 30.3 Å². The number of nitrogens with zero attached hydrogens (tertiary/aromatic N) is 1. The Bertz CT molecular complexity index is 870. The highest BCUT2D eigenvalue weighted by molar-refractivity contribution is 5.94. The van der Waals surface area contributed by atoms with Crippen LogP contribution in [0.1, 0.15) is 43.1 Å². The largest absolute Gasteiger partial charge is 0.426 e. The average molecular weight is 436 g/mol. The standard InChI is InChI=1S/C23H29NO5.ClH/c1-6-23(27,16(2)15-24(4)5)18-10-9-11-19(14-18)29-22(26)20-12-7-8-13-21(20)28-17(3)25;/h7-14,16,27H,6,15H2,1-5H3;1H/t16-,23-;/m1./s1. The van der Waals surface area contributed by atoms with Gasteiger partial charge in [0.05, 0.1) is 5.60 Å². The molecule has 0 aliphatic rings. The minimum Gasteiger partial charge on any atom is -0.426 e. The first-order valence-electron chi connectivity index (χ1n) is 9.64. The highest BCUT2D eigenvalue weighted by atomic mass is 35.5. The Labute approximate surface area is 184 Å². The fourth-order valence-electron chi connectivity index (χ4n) is 3.41. The molecule has 0 amide bonds. The zero-order valence-electron chi connectivity index (χ0n) is 18.0. The van der Waals surface area contributed by atoms with Crippen LogP contribution in [-0.2, 0) is 10.4 Å². The zero-order chi connectivity index (χ0) is 21.6. The molecule has 2 rings (SSSR count). The summed E-state index contributed by atoms with van der Waals surface area (Å²) in [7, 11) is 3.93. The summed E-state index contributed by atoms with van der Waals surface area (Å²) < 4.78 is 10.6. The molecule has 0 aliphatic carbocycles. The van der Waals surface area contributed by atoms with Gasteiger partial charge in [0.1, 0.15) is 17.1 Å². The number of ether oxygens (including phenoxy) is 2. The number of rotatable bonds is 8. The Kier molecular flexibility index (Phi) is 9.49. The second-order valence-corrected chi connectivity index (χ2v) is 7.45. The van der Waals surface area contributed by atoms with Gasteiger partial charge in [0.25, 0.3) is 0 Å². The summed E-state index contributed by atoms with van der Waals surface area (Å²) in [6.07, 6.45) is 0.523. The number of hydrogen-bond donors (Lipinski definition) is 1. The molecule has 0 radical (unpaired) electrons. The van der Waals surface area contributed by atoms with Gasteiger partial charge in [0, 0.05) is 19.4 Å². The molecular weight excluding hydrogens is 406 g/mol. The van der Waals surface area contributed by atoms with Gasteiger partial charge in [-0.15, -0.1) is 12.4 Å². The molecule has 0 saturated heterocycles. The van der Waals surface area contributed by atoms with Gasteiger partial charge in [-0.25, -0.2) is 4.79 Å². The normalized spacial score (nSPS) is 13.7. The molecule has 2 aromatic rings. The van der Waals surface area contributed by atoms with Gasteiger partial charge in [-0.05, 0) is 50.3 Å². The lowest BCUT2D eigenvalue weighted by atomic mass is 9.80. The van der Waals surface area contributed by atoms with Gasteiger partial charge in [-0.2, -0.15) is 0 Å². The molecule has 0 aromatic heterocycles. The van der Waals surface area contributed by atoms with Crippen LogP contribution in [0.4, 0.5) is 0 Å². The van der Waals surface area contributed by atoms with Gasteiger partial charge in [-0.3, -0.25) is 4.79 Å². The SMILES string of the molecule is CC[C@](O)(c1cccc(OC(=O)c2ccccc2OC(C)=O)c1)[C@H](C)CN(C)C.Cl. The summed E-state index contributed by atoms with van der Waals surface area (Å²) >= 11 is 0. The van der Waals surface area contributed by atoms with E-state index in [0.717, 1.165) is 0 Å². The Morgan fingerprint density at radius 2 is 1.77 bits per heavy atom. The lowest BCUT2D eigenvalue weighted by Crippen LogP contribution is -2.38. The summed E-state index contributed by atoms with van der Waals surface area (Å²) in [6.45, 7) is 5.91. The molecule has 0 unspecified atom stereocenters. The van der Waals surface area contributed by atoms with Crippen molar-refractivity contribution in [3.8, 4) is 11.5 Å². The van der Waals surface area contributed by atoms with Crippen molar-refractivity contribution < 1.29 is 24.2 Å². The third-order valence-electron chi connectivity index (χ3n) is 4.90. The number of esters is 2. The number of hydrogen-bond acceptors (Lipinski definition) is 6. The van der Waals surface area contributed by atoms with E-state index in [4.69, 9.17) is 9.47 Å². The van der Waals surface area contributed by atoms with E-state index in [-0.39, 0.29) is 29.6 Å². The van der Waals surface area contributed by atoms with Gasteiger partial charge in [0.2, 0.25) is 0 Å². The molecule has 0 fully saturated rings. The molecule has 1 N–H and O–H groups in total. The smallest absolute Gasteiger partial charge is 0.347 e. The first kappa shape index (κ1) is 25.6. The van der Waals surface area contributed by atoms with Crippen LogP contribution in [0.25, 0.3) is 0 Å². The van der Waals surface area contributed by atoms with Crippen LogP contribution in [0, 0.1) is 5.92 Å². The van der Waals surface area contributed by atoms with Gasteiger partial charge < -0.3 is 19.5 Å². The summed E-state index contributed by atoms with van der Waals surface area (Å²) in [4.78, 5) is 25.9. The molecule has 164 valence electrons. The molecular formula is C23H30ClNO5. The lowest BCUT2D eigenvalue weighted by molar-refractivity contribution is -0.131. The topological polar surface area (TPSA) is 76.1 Å². The van der Waals surface area contributed by atoms with Crippen molar-refractivity contribution in [2.24, 2.45) is 5.92 Å². The van der Waals surface area contributed by atoms with Crippen LogP contribution in [-0.4, -0.2) is 42.6 Å². The molecule has 0 aliphatic heterocycles. The van der Waals surface area contributed by atoms with E-state index in [0.29, 0.717) is 24.3 Å². The molecule has 0 bridgehead atoms. The Hall–Kier alpha value is -2.41. The molecule has 2 aromatic carbocycles. The van der Waals surface area contributed by atoms with Crippen LogP contribution in [0.3, 0.4) is 0 Å². The predicted molar refractivity (Wildman–Crippen MR) is 118 cm³/mol.